The minimum Gasteiger partial charge on any atom is -0.353 e. The second kappa shape index (κ2) is 11.0. The lowest BCUT2D eigenvalue weighted by molar-refractivity contribution is -0.123. The standard InChI is InChI=1S/C33H31FN6O3S/c1-33(2,3)32(41)37-24-14-22(17-35-18-24)20-5-6-28-25(15-20)31(40-39-28)29-16-26-27(38-29)7-9-36-30(26)21-11-19(12-23(34)13-21)8-10-44(4,42)43/h5-7,9,11-18,38H,8,10H2,1-4H3,(H,37,41)(H,39,40). The van der Waals surface area contributed by atoms with Gasteiger partial charge in [0.2, 0.25) is 5.91 Å². The van der Waals surface area contributed by atoms with Crippen molar-refractivity contribution >= 4 is 43.2 Å². The molecule has 0 saturated carbocycles. The summed E-state index contributed by atoms with van der Waals surface area (Å²) in [7, 11) is -3.19. The maximum absolute atomic E-state index is 14.6. The fourth-order valence-electron chi connectivity index (χ4n) is 5.03. The van der Waals surface area contributed by atoms with Crippen LogP contribution in [-0.4, -0.2) is 51.5 Å². The first-order valence-corrected chi connectivity index (χ1v) is 16.1. The van der Waals surface area contributed by atoms with Gasteiger partial charge in [0.15, 0.2) is 0 Å². The van der Waals surface area contributed by atoms with Crippen molar-refractivity contribution in [3.05, 3.63) is 84.6 Å². The van der Waals surface area contributed by atoms with Crippen LogP contribution in [0.2, 0.25) is 0 Å². The number of anilines is 1. The van der Waals surface area contributed by atoms with Crippen LogP contribution < -0.4 is 5.32 Å². The van der Waals surface area contributed by atoms with Crippen molar-refractivity contribution in [2.24, 2.45) is 5.41 Å². The van der Waals surface area contributed by atoms with Gasteiger partial charge in [0.25, 0.3) is 0 Å². The van der Waals surface area contributed by atoms with E-state index in [-0.39, 0.29) is 18.1 Å². The Morgan fingerprint density at radius 2 is 1.70 bits per heavy atom. The fraction of sp³-hybridized carbons (Fsp3) is 0.212. The number of H-pyrrole nitrogens is 2. The summed E-state index contributed by atoms with van der Waals surface area (Å²) in [6.45, 7) is 5.57. The van der Waals surface area contributed by atoms with Gasteiger partial charge in [-0.1, -0.05) is 26.8 Å². The molecule has 9 nitrogen and oxygen atoms in total. The predicted octanol–water partition coefficient (Wildman–Crippen LogP) is 6.55. The van der Waals surface area contributed by atoms with Crippen molar-refractivity contribution in [2.75, 3.05) is 17.3 Å². The third-order valence-corrected chi connectivity index (χ3v) is 8.31. The number of nitrogens with zero attached hydrogens (tertiary/aromatic N) is 3. The molecule has 0 aliphatic heterocycles. The molecule has 3 N–H and O–H groups in total. The highest BCUT2D eigenvalue weighted by Gasteiger charge is 2.21. The summed E-state index contributed by atoms with van der Waals surface area (Å²) in [6, 6.07) is 16.1. The molecule has 44 heavy (non-hydrogen) atoms. The van der Waals surface area contributed by atoms with Crippen molar-refractivity contribution in [1.82, 2.24) is 25.1 Å². The third-order valence-electron chi connectivity index (χ3n) is 7.37. The van der Waals surface area contributed by atoms with E-state index in [0.29, 0.717) is 28.2 Å². The van der Waals surface area contributed by atoms with Gasteiger partial charge in [0.1, 0.15) is 21.3 Å². The van der Waals surface area contributed by atoms with Crippen molar-refractivity contribution in [1.29, 1.82) is 0 Å². The number of hydrogen-bond acceptors (Lipinski definition) is 6. The van der Waals surface area contributed by atoms with E-state index in [1.807, 2.05) is 57.2 Å². The normalized spacial score (nSPS) is 12.2. The molecule has 6 aromatic rings. The molecule has 0 aliphatic rings. The zero-order valence-corrected chi connectivity index (χ0v) is 25.5. The Bertz CT molecular complexity index is 2160. The molecule has 0 unspecified atom stereocenters. The van der Waals surface area contributed by atoms with Gasteiger partial charge in [0, 0.05) is 51.5 Å². The van der Waals surface area contributed by atoms with Gasteiger partial charge in [0.05, 0.1) is 34.5 Å². The predicted molar refractivity (Wildman–Crippen MR) is 171 cm³/mol. The number of halogens is 1. The summed E-state index contributed by atoms with van der Waals surface area (Å²) in [5, 5.41) is 12.3. The molecule has 0 spiro atoms. The van der Waals surface area contributed by atoms with E-state index < -0.39 is 21.1 Å². The number of amides is 1. The quantitative estimate of drug-likeness (QED) is 0.188. The van der Waals surface area contributed by atoms with Crippen LogP contribution in [-0.2, 0) is 21.1 Å². The van der Waals surface area contributed by atoms with E-state index in [9.17, 15) is 17.6 Å². The minimum atomic E-state index is -3.19. The fourth-order valence-corrected chi connectivity index (χ4v) is 5.64. The smallest absolute Gasteiger partial charge is 0.229 e. The van der Waals surface area contributed by atoms with Crippen LogP contribution in [0.1, 0.15) is 26.3 Å². The van der Waals surface area contributed by atoms with Crippen LogP contribution in [0.5, 0.6) is 0 Å². The van der Waals surface area contributed by atoms with Gasteiger partial charge in [-0.3, -0.25) is 19.9 Å². The van der Waals surface area contributed by atoms with Gasteiger partial charge in [-0.25, -0.2) is 12.8 Å². The highest BCUT2D eigenvalue weighted by molar-refractivity contribution is 7.90. The Kier molecular flexibility index (Phi) is 7.28. The molecule has 0 bridgehead atoms. The van der Waals surface area contributed by atoms with Crippen LogP contribution in [0, 0.1) is 11.2 Å². The molecule has 0 fully saturated rings. The van der Waals surface area contributed by atoms with Crippen molar-refractivity contribution in [3.63, 3.8) is 0 Å². The Morgan fingerprint density at radius 1 is 0.909 bits per heavy atom. The van der Waals surface area contributed by atoms with Crippen molar-refractivity contribution in [3.8, 4) is 33.8 Å². The first-order chi connectivity index (χ1) is 20.8. The number of aromatic amines is 2. The summed E-state index contributed by atoms with van der Waals surface area (Å²) in [5.74, 6) is -0.620. The number of carbonyl (C=O) groups excluding carboxylic acids is 1. The summed E-state index contributed by atoms with van der Waals surface area (Å²) in [4.78, 5) is 24.8. The summed E-state index contributed by atoms with van der Waals surface area (Å²) in [6.07, 6.45) is 6.40. The van der Waals surface area contributed by atoms with E-state index in [2.05, 4.69) is 30.5 Å². The first kappa shape index (κ1) is 29.2. The number of sulfone groups is 1. The monoisotopic (exact) mass is 610 g/mol. The number of rotatable bonds is 7. The zero-order valence-electron chi connectivity index (χ0n) is 24.7. The SMILES string of the molecule is CC(C)(C)C(=O)Nc1cncc(-c2ccc3[nH]nc(-c4cc5c(-c6cc(F)cc(CCS(C)(=O)=O)c6)nccc5[nH]4)c3c2)c1. The molecule has 6 rings (SSSR count). The average Bonchev–Trinajstić information content (AvgIpc) is 3.59. The van der Waals surface area contributed by atoms with Crippen LogP contribution in [0.25, 0.3) is 55.6 Å². The molecule has 4 aromatic heterocycles. The molecule has 224 valence electrons. The summed E-state index contributed by atoms with van der Waals surface area (Å²) >= 11 is 0. The Balaban J connectivity index is 1.37. The first-order valence-electron chi connectivity index (χ1n) is 14.0. The third kappa shape index (κ3) is 6.09. The number of aryl methyl sites for hydroxylation is 1. The summed E-state index contributed by atoms with van der Waals surface area (Å²) < 4.78 is 38.0. The maximum atomic E-state index is 14.6. The van der Waals surface area contributed by atoms with Crippen LogP contribution in [0.3, 0.4) is 0 Å². The molecule has 0 radical (unpaired) electrons. The Hall–Kier alpha value is -4.90. The van der Waals surface area contributed by atoms with Gasteiger partial charge in [-0.15, -0.1) is 0 Å². The second-order valence-electron chi connectivity index (χ2n) is 12.0. The van der Waals surface area contributed by atoms with Gasteiger partial charge >= 0.3 is 0 Å². The van der Waals surface area contributed by atoms with Crippen LogP contribution in [0.15, 0.2) is 73.2 Å². The lowest BCUT2D eigenvalue weighted by Crippen LogP contribution is -2.27. The molecule has 11 heteroatoms. The molecule has 0 atom stereocenters. The van der Waals surface area contributed by atoms with Gasteiger partial charge in [-0.05, 0) is 66.1 Å². The topological polar surface area (TPSA) is 133 Å². The molecule has 1 amide bonds. The lowest BCUT2D eigenvalue weighted by atomic mass is 9.95. The molecular formula is C33H31FN6O3S. The number of aromatic nitrogens is 5. The van der Waals surface area contributed by atoms with Gasteiger partial charge in [-0.2, -0.15) is 5.10 Å². The molecule has 0 aliphatic carbocycles. The van der Waals surface area contributed by atoms with E-state index in [0.717, 1.165) is 38.6 Å². The number of pyridine rings is 2. The van der Waals surface area contributed by atoms with E-state index in [4.69, 9.17) is 0 Å². The molecular weight excluding hydrogens is 579 g/mol. The van der Waals surface area contributed by atoms with Crippen molar-refractivity contribution in [2.45, 2.75) is 27.2 Å². The number of fused-ring (bicyclic) bond motifs is 2. The largest absolute Gasteiger partial charge is 0.353 e. The number of benzene rings is 2. The molecule has 2 aromatic carbocycles. The zero-order chi connectivity index (χ0) is 31.2. The van der Waals surface area contributed by atoms with Crippen LogP contribution >= 0.6 is 0 Å². The molecule has 0 saturated heterocycles. The second-order valence-corrected chi connectivity index (χ2v) is 14.3. The van der Waals surface area contributed by atoms with E-state index in [1.165, 1.54) is 18.4 Å². The van der Waals surface area contributed by atoms with E-state index in [1.54, 1.807) is 24.7 Å². The van der Waals surface area contributed by atoms with Gasteiger partial charge < -0.3 is 10.3 Å². The highest BCUT2D eigenvalue weighted by atomic mass is 32.2. The number of carbonyl (C=O) groups is 1. The lowest BCUT2D eigenvalue weighted by Gasteiger charge is -2.17. The Morgan fingerprint density at radius 3 is 2.48 bits per heavy atom. The average molecular weight is 611 g/mol. The number of nitrogens with one attached hydrogen (secondary N) is 3. The maximum Gasteiger partial charge on any atom is 0.229 e. The molecule has 4 heterocycles. The summed E-state index contributed by atoms with van der Waals surface area (Å²) in [5.41, 5.74) is 6.62. The highest BCUT2D eigenvalue weighted by Crippen LogP contribution is 2.35. The van der Waals surface area contributed by atoms with Crippen LogP contribution in [0.4, 0.5) is 10.1 Å². The van der Waals surface area contributed by atoms with E-state index >= 15 is 0 Å². The Labute approximate surface area is 253 Å². The number of hydrogen-bond donors (Lipinski definition) is 3. The minimum absolute atomic E-state index is 0.0675. The van der Waals surface area contributed by atoms with Crippen molar-refractivity contribution < 1.29 is 17.6 Å².